The van der Waals surface area contributed by atoms with Crippen LogP contribution in [0, 0.1) is 12.7 Å². The molecule has 0 atom stereocenters. The Hall–Kier alpha value is -3.29. The molecule has 0 saturated heterocycles. The first-order chi connectivity index (χ1) is 12.0. The zero-order chi connectivity index (χ0) is 17.8. The van der Waals surface area contributed by atoms with Gasteiger partial charge in [-0.3, -0.25) is 9.59 Å². The van der Waals surface area contributed by atoms with E-state index in [1.807, 2.05) is 0 Å². The SMILES string of the molecule is Cc1cc(NC(=O)CCn2nc(-c3ccc(F)cc3)ccc2=O)no1. The fourth-order valence-corrected chi connectivity index (χ4v) is 2.22. The lowest BCUT2D eigenvalue weighted by Gasteiger charge is -2.07. The van der Waals surface area contributed by atoms with Crippen LogP contribution in [0.15, 0.2) is 51.8 Å². The highest BCUT2D eigenvalue weighted by Crippen LogP contribution is 2.15. The van der Waals surface area contributed by atoms with E-state index in [1.165, 1.54) is 22.9 Å². The number of carbonyl (C=O) groups excluding carboxylic acids is 1. The molecule has 2 heterocycles. The first-order valence-corrected chi connectivity index (χ1v) is 7.58. The van der Waals surface area contributed by atoms with Crippen molar-refractivity contribution in [2.24, 2.45) is 0 Å². The fourth-order valence-electron chi connectivity index (χ4n) is 2.22. The van der Waals surface area contributed by atoms with E-state index in [1.54, 1.807) is 31.2 Å². The van der Waals surface area contributed by atoms with Crippen molar-refractivity contribution in [1.29, 1.82) is 0 Å². The van der Waals surface area contributed by atoms with Crippen molar-refractivity contribution in [3.8, 4) is 11.3 Å². The topological polar surface area (TPSA) is 90.0 Å². The van der Waals surface area contributed by atoms with Crippen molar-refractivity contribution in [2.45, 2.75) is 19.9 Å². The minimum absolute atomic E-state index is 0.0473. The largest absolute Gasteiger partial charge is 0.360 e. The maximum atomic E-state index is 13.0. The van der Waals surface area contributed by atoms with Gasteiger partial charge in [0.1, 0.15) is 11.6 Å². The van der Waals surface area contributed by atoms with Crippen LogP contribution in [0.1, 0.15) is 12.2 Å². The van der Waals surface area contributed by atoms with Crippen LogP contribution in [0.4, 0.5) is 10.2 Å². The van der Waals surface area contributed by atoms with Gasteiger partial charge in [0.25, 0.3) is 5.56 Å². The number of hydrogen-bond acceptors (Lipinski definition) is 5. The van der Waals surface area contributed by atoms with E-state index in [4.69, 9.17) is 4.52 Å². The molecule has 1 N–H and O–H groups in total. The highest BCUT2D eigenvalue weighted by atomic mass is 19.1. The van der Waals surface area contributed by atoms with Gasteiger partial charge in [0.05, 0.1) is 12.2 Å². The molecule has 25 heavy (non-hydrogen) atoms. The fraction of sp³-hybridized carbons (Fsp3) is 0.176. The van der Waals surface area contributed by atoms with Crippen LogP contribution in [-0.2, 0) is 11.3 Å². The van der Waals surface area contributed by atoms with Gasteiger partial charge in [-0.05, 0) is 37.3 Å². The Morgan fingerprint density at radius 3 is 2.68 bits per heavy atom. The summed E-state index contributed by atoms with van der Waals surface area (Å²) in [6, 6.07) is 10.3. The number of rotatable bonds is 5. The summed E-state index contributed by atoms with van der Waals surface area (Å²) in [6.07, 6.45) is 0.0473. The van der Waals surface area contributed by atoms with Crippen LogP contribution in [0.5, 0.6) is 0 Å². The number of aryl methyl sites for hydroxylation is 2. The third-order valence-corrected chi connectivity index (χ3v) is 3.45. The zero-order valence-corrected chi connectivity index (χ0v) is 13.4. The van der Waals surface area contributed by atoms with Gasteiger partial charge in [-0.2, -0.15) is 5.10 Å². The summed E-state index contributed by atoms with van der Waals surface area (Å²) < 4.78 is 19.1. The molecule has 0 fully saturated rings. The van der Waals surface area contributed by atoms with E-state index < -0.39 is 0 Å². The van der Waals surface area contributed by atoms with Crippen molar-refractivity contribution in [1.82, 2.24) is 14.9 Å². The summed E-state index contributed by atoms with van der Waals surface area (Å²) >= 11 is 0. The van der Waals surface area contributed by atoms with Gasteiger partial charge in [-0.1, -0.05) is 5.16 Å². The van der Waals surface area contributed by atoms with E-state index in [2.05, 4.69) is 15.6 Å². The van der Waals surface area contributed by atoms with Gasteiger partial charge >= 0.3 is 0 Å². The molecule has 1 amide bonds. The van der Waals surface area contributed by atoms with Crippen LogP contribution in [0.25, 0.3) is 11.3 Å². The monoisotopic (exact) mass is 342 g/mol. The molecule has 3 aromatic rings. The molecule has 0 spiro atoms. The normalized spacial score (nSPS) is 10.6. The second kappa shape index (κ2) is 7.08. The summed E-state index contributed by atoms with van der Waals surface area (Å²) in [5.74, 6) is 0.245. The number of anilines is 1. The number of carbonyl (C=O) groups is 1. The third kappa shape index (κ3) is 4.17. The molecule has 1 aromatic carbocycles. The van der Waals surface area contributed by atoms with Gasteiger partial charge in [0.15, 0.2) is 5.82 Å². The predicted octanol–water partition coefficient (Wildman–Crippen LogP) is 2.37. The zero-order valence-electron chi connectivity index (χ0n) is 13.4. The van der Waals surface area contributed by atoms with Gasteiger partial charge in [0, 0.05) is 24.1 Å². The van der Waals surface area contributed by atoms with Crippen LogP contribution >= 0.6 is 0 Å². The van der Waals surface area contributed by atoms with Crippen LogP contribution in [0.3, 0.4) is 0 Å². The summed E-state index contributed by atoms with van der Waals surface area (Å²) in [4.78, 5) is 23.8. The van der Waals surface area contributed by atoms with Gasteiger partial charge in [-0.15, -0.1) is 0 Å². The second-order valence-corrected chi connectivity index (χ2v) is 5.41. The molecule has 0 bridgehead atoms. The van der Waals surface area contributed by atoms with Gasteiger partial charge in [0.2, 0.25) is 5.91 Å². The average molecular weight is 342 g/mol. The van der Waals surface area contributed by atoms with E-state index in [-0.39, 0.29) is 30.2 Å². The molecule has 0 saturated carbocycles. The Morgan fingerprint density at radius 2 is 2.00 bits per heavy atom. The smallest absolute Gasteiger partial charge is 0.266 e. The lowest BCUT2D eigenvalue weighted by atomic mass is 10.1. The average Bonchev–Trinajstić information content (AvgIpc) is 3.00. The number of halogens is 1. The van der Waals surface area contributed by atoms with E-state index in [0.717, 1.165) is 0 Å². The Bertz CT molecular complexity index is 947. The molecule has 8 heteroatoms. The molecule has 128 valence electrons. The number of amides is 1. The maximum Gasteiger partial charge on any atom is 0.266 e. The molecule has 0 radical (unpaired) electrons. The van der Waals surface area contributed by atoms with Crippen molar-refractivity contribution in [3.63, 3.8) is 0 Å². The van der Waals surface area contributed by atoms with E-state index in [9.17, 15) is 14.0 Å². The number of nitrogens with zero attached hydrogens (tertiary/aromatic N) is 3. The van der Waals surface area contributed by atoms with Gasteiger partial charge < -0.3 is 9.84 Å². The van der Waals surface area contributed by atoms with Crippen molar-refractivity contribution >= 4 is 11.7 Å². The Morgan fingerprint density at radius 1 is 1.24 bits per heavy atom. The Balaban J connectivity index is 1.69. The Kier molecular flexibility index (Phi) is 4.69. The van der Waals surface area contributed by atoms with Crippen molar-refractivity contribution in [3.05, 3.63) is 64.4 Å². The summed E-state index contributed by atoms with van der Waals surface area (Å²) in [6.45, 7) is 1.82. The summed E-state index contributed by atoms with van der Waals surface area (Å²) in [5.41, 5.74) is 0.876. The minimum Gasteiger partial charge on any atom is -0.360 e. The summed E-state index contributed by atoms with van der Waals surface area (Å²) in [7, 11) is 0. The lowest BCUT2D eigenvalue weighted by molar-refractivity contribution is -0.116. The molecule has 0 aliphatic carbocycles. The highest BCUT2D eigenvalue weighted by molar-refractivity contribution is 5.89. The van der Waals surface area contributed by atoms with Crippen LogP contribution in [0.2, 0.25) is 0 Å². The molecule has 2 aromatic heterocycles. The van der Waals surface area contributed by atoms with Crippen molar-refractivity contribution in [2.75, 3.05) is 5.32 Å². The van der Waals surface area contributed by atoms with Crippen LogP contribution < -0.4 is 10.9 Å². The minimum atomic E-state index is -0.350. The Labute approximate surface area is 142 Å². The van der Waals surface area contributed by atoms with E-state index in [0.29, 0.717) is 22.8 Å². The number of hydrogen-bond donors (Lipinski definition) is 1. The quantitative estimate of drug-likeness (QED) is 0.769. The lowest BCUT2D eigenvalue weighted by Crippen LogP contribution is -2.25. The molecular weight excluding hydrogens is 327 g/mol. The highest BCUT2D eigenvalue weighted by Gasteiger charge is 2.09. The van der Waals surface area contributed by atoms with Crippen molar-refractivity contribution < 1.29 is 13.7 Å². The molecule has 0 unspecified atom stereocenters. The predicted molar refractivity (Wildman–Crippen MR) is 88.4 cm³/mol. The molecular formula is C17H15FN4O3. The first-order valence-electron chi connectivity index (χ1n) is 7.58. The van der Waals surface area contributed by atoms with E-state index >= 15 is 0 Å². The standard InChI is InChI=1S/C17H15FN4O3/c1-11-10-15(21-25-11)19-16(23)8-9-22-17(24)7-6-14(20-22)12-2-4-13(18)5-3-12/h2-7,10H,8-9H2,1H3,(H,19,21,23). The molecule has 0 aliphatic rings. The maximum absolute atomic E-state index is 13.0. The molecule has 0 aliphatic heterocycles. The third-order valence-electron chi connectivity index (χ3n) is 3.45. The summed E-state index contributed by atoms with van der Waals surface area (Å²) in [5, 5.41) is 10.5. The number of aromatic nitrogens is 3. The molecule has 3 rings (SSSR count). The number of benzene rings is 1. The van der Waals surface area contributed by atoms with Gasteiger partial charge in [-0.25, -0.2) is 9.07 Å². The molecule has 7 nitrogen and oxygen atoms in total. The first kappa shape index (κ1) is 16.6. The van der Waals surface area contributed by atoms with Crippen LogP contribution in [-0.4, -0.2) is 20.8 Å². The number of nitrogens with one attached hydrogen (secondary N) is 1. The second-order valence-electron chi connectivity index (χ2n) is 5.41.